The Morgan fingerprint density at radius 1 is 1.11 bits per heavy atom. The monoisotopic (exact) mass is 487 g/mol. The van der Waals surface area contributed by atoms with Crippen LogP contribution in [0.3, 0.4) is 0 Å². The van der Waals surface area contributed by atoms with Gasteiger partial charge in [-0.15, -0.1) is 24.0 Å². The van der Waals surface area contributed by atoms with Crippen molar-refractivity contribution in [3.8, 4) is 5.75 Å². The zero-order valence-electron chi connectivity index (χ0n) is 16.7. The minimum absolute atomic E-state index is 0. The molecule has 2 unspecified atom stereocenters. The minimum Gasteiger partial charge on any atom is -0.491 e. The van der Waals surface area contributed by atoms with Gasteiger partial charge in [-0.1, -0.05) is 25.0 Å². The van der Waals surface area contributed by atoms with E-state index in [-0.39, 0.29) is 24.0 Å². The van der Waals surface area contributed by atoms with E-state index in [0.29, 0.717) is 19.8 Å². The number of nitrogens with zero attached hydrogens (tertiary/aromatic N) is 2. The predicted octanol–water partition coefficient (Wildman–Crippen LogP) is 3.92. The third kappa shape index (κ3) is 6.52. The molecule has 0 bridgehead atoms. The second-order valence-electron chi connectivity index (χ2n) is 7.36. The molecule has 0 amide bonds. The Bertz CT molecular complexity index is 565. The van der Waals surface area contributed by atoms with E-state index in [1.165, 1.54) is 44.3 Å². The summed E-state index contributed by atoms with van der Waals surface area (Å²) in [5.41, 5.74) is 1.20. The molecule has 2 atom stereocenters. The van der Waals surface area contributed by atoms with Gasteiger partial charge in [0.2, 0.25) is 0 Å². The van der Waals surface area contributed by atoms with Crippen LogP contribution < -0.4 is 10.1 Å². The van der Waals surface area contributed by atoms with Crippen LogP contribution in [0.4, 0.5) is 0 Å². The lowest BCUT2D eigenvalue weighted by molar-refractivity contribution is 0.146. The maximum Gasteiger partial charge on any atom is 0.194 e. The van der Waals surface area contributed by atoms with Crippen LogP contribution >= 0.6 is 24.0 Å². The highest BCUT2D eigenvalue weighted by Gasteiger charge is 2.35. The highest BCUT2D eigenvalue weighted by molar-refractivity contribution is 14.0. The number of aliphatic imine (C=N–C) groups is 1. The number of ether oxygens (including phenoxy) is 2. The van der Waals surface area contributed by atoms with Gasteiger partial charge in [-0.25, -0.2) is 4.99 Å². The third-order valence-corrected chi connectivity index (χ3v) is 5.50. The molecular formula is C21H34IN3O2. The minimum atomic E-state index is 0. The number of rotatable bonds is 7. The normalized spacial score (nSPS) is 22.1. The summed E-state index contributed by atoms with van der Waals surface area (Å²) in [6.07, 6.45) is 5.60. The highest BCUT2D eigenvalue weighted by Crippen LogP contribution is 2.36. The summed E-state index contributed by atoms with van der Waals surface area (Å²) in [7, 11) is 1.68. The maximum atomic E-state index is 5.62. The first kappa shape index (κ1) is 22.3. The molecule has 0 radical (unpaired) electrons. The van der Waals surface area contributed by atoms with Crippen LogP contribution in [-0.2, 0) is 11.3 Å². The Kier molecular flexibility index (Phi) is 9.68. The fourth-order valence-corrected chi connectivity index (χ4v) is 4.10. The van der Waals surface area contributed by atoms with E-state index in [0.717, 1.165) is 30.1 Å². The van der Waals surface area contributed by atoms with Crippen molar-refractivity contribution in [3.05, 3.63) is 29.8 Å². The summed E-state index contributed by atoms with van der Waals surface area (Å²) in [5.74, 6) is 3.69. The van der Waals surface area contributed by atoms with Crippen molar-refractivity contribution in [1.82, 2.24) is 10.2 Å². The van der Waals surface area contributed by atoms with Crippen molar-refractivity contribution in [1.29, 1.82) is 0 Å². The quantitative estimate of drug-likeness (QED) is 0.274. The zero-order chi connectivity index (χ0) is 18.2. The Morgan fingerprint density at radius 3 is 2.37 bits per heavy atom. The number of hydrogen-bond donors (Lipinski definition) is 1. The summed E-state index contributed by atoms with van der Waals surface area (Å²) in [6.45, 7) is 7.28. The molecule has 3 rings (SSSR count). The molecule has 1 aliphatic heterocycles. The van der Waals surface area contributed by atoms with Crippen LogP contribution in [0.5, 0.6) is 5.75 Å². The van der Waals surface area contributed by atoms with Gasteiger partial charge in [-0.2, -0.15) is 0 Å². The van der Waals surface area contributed by atoms with E-state index in [1.54, 1.807) is 7.11 Å². The molecule has 27 heavy (non-hydrogen) atoms. The molecule has 6 heteroatoms. The first-order valence-electron chi connectivity index (χ1n) is 10.0. The van der Waals surface area contributed by atoms with Crippen LogP contribution in [0, 0.1) is 11.8 Å². The fraction of sp³-hybridized carbons (Fsp3) is 0.667. The van der Waals surface area contributed by atoms with Gasteiger partial charge in [0.1, 0.15) is 12.4 Å². The highest BCUT2D eigenvalue weighted by atomic mass is 127. The first-order valence-corrected chi connectivity index (χ1v) is 10.0. The van der Waals surface area contributed by atoms with Crippen molar-refractivity contribution in [2.75, 3.05) is 40.0 Å². The van der Waals surface area contributed by atoms with E-state index >= 15 is 0 Å². The van der Waals surface area contributed by atoms with E-state index < -0.39 is 0 Å². The average molecular weight is 487 g/mol. The SMILES string of the molecule is CCNC(=NCc1ccc(OCCOC)cc1)N1CC2CCCCC2C1.I. The Balaban J connectivity index is 0.00000261. The molecule has 1 N–H and O–H groups in total. The summed E-state index contributed by atoms with van der Waals surface area (Å²) in [6, 6.07) is 8.22. The number of methoxy groups -OCH3 is 1. The zero-order valence-corrected chi connectivity index (χ0v) is 19.0. The first-order chi connectivity index (χ1) is 12.8. The van der Waals surface area contributed by atoms with Gasteiger partial charge < -0.3 is 19.7 Å². The average Bonchev–Trinajstić information content (AvgIpc) is 3.10. The number of hydrogen-bond acceptors (Lipinski definition) is 3. The molecule has 1 aromatic carbocycles. The van der Waals surface area contributed by atoms with E-state index in [4.69, 9.17) is 14.5 Å². The summed E-state index contributed by atoms with van der Waals surface area (Å²) >= 11 is 0. The smallest absolute Gasteiger partial charge is 0.194 e. The van der Waals surface area contributed by atoms with Gasteiger partial charge >= 0.3 is 0 Å². The Morgan fingerprint density at radius 2 is 1.78 bits per heavy atom. The van der Waals surface area contributed by atoms with Crippen LogP contribution in [0.15, 0.2) is 29.3 Å². The summed E-state index contributed by atoms with van der Waals surface area (Å²) in [4.78, 5) is 7.38. The fourth-order valence-electron chi connectivity index (χ4n) is 4.10. The van der Waals surface area contributed by atoms with E-state index in [1.807, 2.05) is 12.1 Å². The molecule has 1 heterocycles. The van der Waals surface area contributed by atoms with Gasteiger partial charge in [0, 0.05) is 26.7 Å². The molecule has 2 aliphatic rings. The number of likely N-dealkylation sites (tertiary alicyclic amines) is 1. The largest absolute Gasteiger partial charge is 0.491 e. The molecular weight excluding hydrogens is 453 g/mol. The second kappa shape index (κ2) is 11.7. The third-order valence-electron chi connectivity index (χ3n) is 5.50. The van der Waals surface area contributed by atoms with Crippen LogP contribution in [0.2, 0.25) is 0 Å². The predicted molar refractivity (Wildman–Crippen MR) is 121 cm³/mol. The van der Waals surface area contributed by atoms with Crippen molar-refractivity contribution in [2.45, 2.75) is 39.2 Å². The van der Waals surface area contributed by atoms with E-state index in [9.17, 15) is 0 Å². The topological polar surface area (TPSA) is 46.1 Å². The van der Waals surface area contributed by atoms with Crippen LogP contribution in [0.25, 0.3) is 0 Å². The molecule has 152 valence electrons. The number of benzene rings is 1. The number of halogens is 1. The van der Waals surface area contributed by atoms with Gasteiger partial charge in [0.15, 0.2) is 5.96 Å². The van der Waals surface area contributed by atoms with Gasteiger partial charge in [0.25, 0.3) is 0 Å². The molecule has 1 saturated carbocycles. The number of nitrogens with one attached hydrogen (secondary N) is 1. The van der Waals surface area contributed by atoms with Crippen molar-refractivity contribution < 1.29 is 9.47 Å². The number of fused-ring (bicyclic) bond motifs is 1. The lowest BCUT2D eigenvalue weighted by atomic mass is 9.82. The Labute approximate surface area is 180 Å². The molecule has 5 nitrogen and oxygen atoms in total. The number of guanidine groups is 1. The molecule has 1 aromatic rings. The van der Waals surface area contributed by atoms with Crippen molar-refractivity contribution >= 4 is 29.9 Å². The second-order valence-corrected chi connectivity index (χ2v) is 7.36. The molecule has 1 aliphatic carbocycles. The Hall–Kier alpha value is -1.02. The van der Waals surface area contributed by atoms with Gasteiger partial charge in [-0.3, -0.25) is 0 Å². The van der Waals surface area contributed by atoms with Crippen molar-refractivity contribution in [2.24, 2.45) is 16.8 Å². The van der Waals surface area contributed by atoms with Gasteiger partial charge in [-0.05, 0) is 49.3 Å². The molecule has 1 saturated heterocycles. The van der Waals surface area contributed by atoms with Crippen molar-refractivity contribution in [3.63, 3.8) is 0 Å². The van der Waals surface area contributed by atoms with Gasteiger partial charge in [0.05, 0.1) is 13.2 Å². The lowest BCUT2D eigenvalue weighted by Crippen LogP contribution is -2.40. The molecule has 2 fully saturated rings. The maximum absolute atomic E-state index is 5.62. The standard InChI is InChI=1S/C21H33N3O2.HI/c1-3-22-21(24-15-18-6-4-5-7-19(18)16-24)23-14-17-8-10-20(11-9-17)26-13-12-25-2;/h8-11,18-19H,3-7,12-16H2,1-2H3,(H,22,23);1H. The van der Waals surface area contributed by atoms with Crippen LogP contribution in [-0.4, -0.2) is 50.8 Å². The van der Waals surface area contributed by atoms with Crippen LogP contribution in [0.1, 0.15) is 38.2 Å². The van der Waals surface area contributed by atoms with E-state index in [2.05, 4.69) is 29.3 Å². The summed E-state index contributed by atoms with van der Waals surface area (Å²) in [5, 5.41) is 3.49. The lowest BCUT2D eigenvalue weighted by Gasteiger charge is -2.22. The summed E-state index contributed by atoms with van der Waals surface area (Å²) < 4.78 is 10.6. The molecule has 0 spiro atoms. The molecule has 0 aromatic heterocycles.